The van der Waals surface area contributed by atoms with Gasteiger partial charge in [0.25, 0.3) is 5.91 Å². The highest BCUT2D eigenvalue weighted by molar-refractivity contribution is 6.30. The minimum Gasteiger partial charge on any atom is -0.394 e. The molecule has 0 aliphatic carbocycles. The minimum atomic E-state index is -0.926. The van der Waals surface area contributed by atoms with E-state index in [0.717, 1.165) is 12.1 Å². The van der Waals surface area contributed by atoms with E-state index >= 15 is 0 Å². The zero-order chi connectivity index (χ0) is 14.2. The predicted octanol–water partition coefficient (Wildman–Crippen LogP) is 2.19. The number of carbonyl (C=O) groups excluding carboxylic acids is 1. The number of benzene rings is 1. The van der Waals surface area contributed by atoms with Crippen LogP contribution in [0.1, 0.15) is 10.4 Å². The number of hydrogen-bond donors (Lipinski definition) is 2. The molecule has 0 aliphatic rings. The molecular formula is C11H9ClF2N4O. The largest absolute Gasteiger partial charge is 0.394 e. The molecule has 2 rings (SSSR count). The fraction of sp³-hybridized carbons (Fsp3) is 0.0909. The molecular weight excluding hydrogens is 278 g/mol. The molecule has 3 N–H and O–H groups in total. The Morgan fingerprint density at radius 1 is 1.42 bits per heavy atom. The van der Waals surface area contributed by atoms with Gasteiger partial charge >= 0.3 is 0 Å². The maximum atomic E-state index is 13.5. The number of halogens is 3. The van der Waals surface area contributed by atoms with E-state index in [2.05, 4.69) is 10.4 Å². The summed E-state index contributed by atoms with van der Waals surface area (Å²) in [6, 6.07) is 1.46. The molecule has 1 amide bonds. The van der Waals surface area contributed by atoms with E-state index in [-0.39, 0.29) is 11.5 Å². The summed E-state index contributed by atoms with van der Waals surface area (Å²) < 4.78 is 28.1. The molecule has 0 aliphatic heterocycles. The van der Waals surface area contributed by atoms with Crippen LogP contribution < -0.4 is 11.1 Å². The van der Waals surface area contributed by atoms with Gasteiger partial charge in [-0.05, 0) is 12.1 Å². The van der Waals surface area contributed by atoms with Crippen LogP contribution >= 0.6 is 11.6 Å². The van der Waals surface area contributed by atoms with Crippen molar-refractivity contribution in [3.63, 3.8) is 0 Å². The average molecular weight is 287 g/mol. The molecule has 0 unspecified atom stereocenters. The first-order valence-corrected chi connectivity index (χ1v) is 5.51. The Labute approximate surface area is 112 Å². The number of nitrogens with one attached hydrogen (secondary N) is 1. The second-order valence-corrected chi connectivity index (χ2v) is 4.18. The molecule has 100 valence electrons. The molecule has 0 fully saturated rings. The van der Waals surface area contributed by atoms with Gasteiger partial charge in [0.1, 0.15) is 11.6 Å². The number of aryl methyl sites for hydroxylation is 1. The summed E-state index contributed by atoms with van der Waals surface area (Å²) >= 11 is 5.40. The molecule has 1 heterocycles. The van der Waals surface area contributed by atoms with Crippen LogP contribution in [0.2, 0.25) is 5.02 Å². The van der Waals surface area contributed by atoms with Gasteiger partial charge in [-0.2, -0.15) is 5.10 Å². The lowest BCUT2D eigenvalue weighted by molar-refractivity contribution is 0.102. The quantitative estimate of drug-likeness (QED) is 0.831. The SMILES string of the molecule is Cn1ncc(N)c1NC(=O)c1cc(F)c(Cl)cc1F. The van der Waals surface area contributed by atoms with Gasteiger partial charge in [-0.25, -0.2) is 8.78 Å². The monoisotopic (exact) mass is 286 g/mol. The summed E-state index contributed by atoms with van der Waals surface area (Å²) in [6.45, 7) is 0. The van der Waals surface area contributed by atoms with Crippen LogP contribution in [0.5, 0.6) is 0 Å². The fourth-order valence-electron chi connectivity index (χ4n) is 1.48. The fourth-order valence-corrected chi connectivity index (χ4v) is 1.63. The van der Waals surface area contributed by atoms with Crippen LogP contribution in [0.3, 0.4) is 0 Å². The number of anilines is 2. The van der Waals surface area contributed by atoms with E-state index in [9.17, 15) is 13.6 Å². The summed E-state index contributed by atoms with van der Waals surface area (Å²) in [6.07, 6.45) is 1.33. The second kappa shape index (κ2) is 4.85. The normalized spacial score (nSPS) is 10.5. The number of amides is 1. The highest BCUT2D eigenvalue weighted by atomic mass is 35.5. The molecule has 2 aromatic rings. The van der Waals surface area contributed by atoms with Gasteiger partial charge in [0.05, 0.1) is 22.5 Å². The maximum absolute atomic E-state index is 13.5. The van der Waals surface area contributed by atoms with Crippen LogP contribution in [-0.2, 0) is 7.05 Å². The molecule has 19 heavy (non-hydrogen) atoms. The van der Waals surface area contributed by atoms with E-state index in [1.165, 1.54) is 10.9 Å². The first-order chi connectivity index (χ1) is 8.90. The van der Waals surface area contributed by atoms with Gasteiger partial charge in [0.2, 0.25) is 0 Å². The Morgan fingerprint density at radius 3 is 2.68 bits per heavy atom. The first kappa shape index (κ1) is 13.3. The number of nitrogens with two attached hydrogens (primary N) is 1. The van der Waals surface area contributed by atoms with Crippen LogP contribution in [0, 0.1) is 11.6 Å². The van der Waals surface area contributed by atoms with E-state index in [4.69, 9.17) is 17.3 Å². The Balaban J connectivity index is 2.33. The third-order valence-corrected chi connectivity index (χ3v) is 2.74. The Bertz CT molecular complexity index is 637. The Kier molecular flexibility index (Phi) is 3.39. The Morgan fingerprint density at radius 2 is 2.11 bits per heavy atom. The molecule has 0 spiro atoms. The standard InChI is InChI=1S/C11H9ClF2N4O/c1-18-10(9(15)4-16-18)17-11(19)5-2-8(14)6(12)3-7(5)13/h2-4H,15H2,1H3,(H,17,19). The second-order valence-electron chi connectivity index (χ2n) is 3.77. The Hall–Kier alpha value is -2.15. The van der Waals surface area contributed by atoms with E-state index in [1.807, 2.05) is 0 Å². The third kappa shape index (κ3) is 2.50. The van der Waals surface area contributed by atoms with Crippen molar-refractivity contribution in [2.24, 2.45) is 7.05 Å². The molecule has 0 saturated heterocycles. The van der Waals surface area contributed by atoms with Crippen molar-refractivity contribution in [1.29, 1.82) is 0 Å². The van der Waals surface area contributed by atoms with Gasteiger partial charge in [-0.15, -0.1) is 0 Å². The molecule has 8 heteroatoms. The van der Waals surface area contributed by atoms with Gasteiger partial charge in [0, 0.05) is 7.05 Å². The van der Waals surface area contributed by atoms with Gasteiger partial charge in [0.15, 0.2) is 5.82 Å². The maximum Gasteiger partial charge on any atom is 0.259 e. The summed E-state index contributed by atoms with van der Waals surface area (Å²) in [7, 11) is 1.55. The summed E-state index contributed by atoms with van der Waals surface area (Å²) in [4.78, 5) is 11.8. The lowest BCUT2D eigenvalue weighted by atomic mass is 10.2. The molecule has 1 aromatic carbocycles. The third-order valence-electron chi connectivity index (χ3n) is 2.45. The van der Waals surface area contributed by atoms with Gasteiger partial charge in [-0.3, -0.25) is 9.48 Å². The topological polar surface area (TPSA) is 72.9 Å². The number of carbonyl (C=O) groups is 1. The molecule has 0 saturated carbocycles. The summed E-state index contributed by atoms with van der Waals surface area (Å²) in [5.74, 6) is -2.46. The van der Waals surface area contributed by atoms with Crippen molar-refractivity contribution in [3.8, 4) is 0 Å². The summed E-state index contributed by atoms with van der Waals surface area (Å²) in [5.41, 5.74) is 5.32. The average Bonchev–Trinajstić information content (AvgIpc) is 2.65. The number of nitrogens with zero attached hydrogens (tertiary/aromatic N) is 2. The zero-order valence-corrected chi connectivity index (χ0v) is 10.5. The molecule has 1 aromatic heterocycles. The van der Waals surface area contributed by atoms with Crippen molar-refractivity contribution in [2.45, 2.75) is 0 Å². The molecule has 5 nitrogen and oxygen atoms in total. The number of rotatable bonds is 2. The van der Waals surface area contributed by atoms with E-state index in [1.54, 1.807) is 7.05 Å². The first-order valence-electron chi connectivity index (χ1n) is 5.13. The predicted molar refractivity (Wildman–Crippen MR) is 66.9 cm³/mol. The zero-order valence-electron chi connectivity index (χ0n) is 9.75. The smallest absolute Gasteiger partial charge is 0.259 e. The molecule has 0 atom stereocenters. The van der Waals surface area contributed by atoms with Gasteiger partial charge < -0.3 is 11.1 Å². The van der Waals surface area contributed by atoms with Crippen LogP contribution in [0.25, 0.3) is 0 Å². The van der Waals surface area contributed by atoms with Gasteiger partial charge in [-0.1, -0.05) is 11.6 Å². The van der Waals surface area contributed by atoms with E-state index in [0.29, 0.717) is 0 Å². The number of aromatic nitrogens is 2. The van der Waals surface area contributed by atoms with Crippen LogP contribution in [0.15, 0.2) is 18.3 Å². The highest BCUT2D eigenvalue weighted by Crippen LogP contribution is 2.22. The van der Waals surface area contributed by atoms with Crippen molar-refractivity contribution in [3.05, 3.63) is 40.6 Å². The number of hydrogen-bond acceptors (Lipinski definition) is 3. The number of nitrogen functional groups attached to an aromatic ring is 1. The summed E-state index contributed by atoms with van der Waals surface area (Å²) in [5, 5.41) is 5.76. The molecule has 0 radical (unpaired) electrons. The van der Waals surface area contributed by atoms with Crippen molar-refractivity contribution in [2.75, 3.05) is 11.1 Å². The highest BCUT2D eigenvalue weighted by Gasteiger charge is 2.17. The lowest BCUT2D eigenvalue weighted by Gasteiger charge is -2.08. The van der Waals surface area contributed by atoms with Crippen molar-refractivity contribution >= 4 is 29.0 Å². The van der Waals surface area contributed by atoms with Crippen molar-refractivity contribution < 1.29 is 13.6 Å². The van der Waals surface area contributed by atoms with E-state index < -0.39 is 28.1 Å². The van der Waals surface area contributed by atoms with Crippen LogP contribution in [-0.4, -0.2) is 15.7 Å². The van der Waals surface area contributed by atoms with Crippen LogP contribution in [0.4, 0.5) is 20.3 Å². The van der Waals surface area contributed by atoms with Crippen molar-refractivity contribution in [1.82, 2.24) is 9.78 Å². The lowest BCUT2D eigenvalue weighted by Crippen LogP contribution is -2.17. The minimum absolute atomic E-state index is 0.194. The molecule has 0 bridgehead atoms.